The number of carbonyl (C=O) groups excluding carboxylic acids is 2. The summed E-state index contributed by atoms with van der Waals surface area (Å²) in [5, 5.41) is 2.81. The van der Waals surface area contributed by atoms with Crippen molar-refractivity contribution in [3.05, 3.63) is 83.1 Å². The van der Waals surface area contributed by atoms with Crippen LogP contribution in [-0.4, -0.2) is 23.9 Å². The van der Waals surface area contributed by atoms with Gasteiger partial charge in [-0.15, -0.1) is 0 Å². The Morgan fingerprint density at radius 2 is 1.75 bits per heavy atom. The summed E-state index contributed by atoms with van der Waals surface area (Å²) in [6.45, 7) is 0.360. The van der Waals surface area contributed by atoms with Gasteiger partial charge < -0.3 is 10.2 Å². The number of nitrogens with one attached hydrogen (secondary N) is 1. The third-order valence-corrected chi connectivity index (χ3v) is 4.50. The predicted octanol–water partition coefficient (Wildman–Crippen LogP) is 3.97. The maximum atomic E-state index is 12.5. The highest BCUT2D eigenvalue weighted by atomic mass is 35.5. The van der Waals surface area contributed by atoms with Gasteiger partial charge in [-0.3, -0.25) is 15.0 Å². The Morgan fingerprint density at radius 3 is 2.39 bits per heavy atom. The van der Waals surface area contributed by atoms with Crippen molar-refractivity contribution in [3.63, 3.8) is 0 Å². The average molecular weight is 398 g/mol. The first kappa shape index (κ1) is 19.7. The second-order valence-electron chi connectivity index (χ2n) is 6.35. The molecule has 3 aromatic rings. The number of likely N-dealkylation sites (N-methyl/N-ethyl adjacent to an activating group) is 1. The van der Waals surface area contributed by atoms with Crippen molar-refractivity contribution in [2.75, 3.05) is 7.05 Å². The lowest BCUT2D eigenvalue weighted by Crippen LogP contribution is -2.43. The number of nitrogens with two attached hydrogens (primary N) is 1. The molecule has 144 valence electrons. The molecule has 6 nitrogen and oxygen atoms in total. The first-order chi connectivity index (χ1) is 13.4. The molecule has 1 aromatic heterocycles. The lowest BCUT2D eigenvalue weighted by atomic mass is 10.0. The number of amides is 3. The number of halogens is 1. The van der Waals surface area contributed by atoms with Gasteiger partial charge in [-0.05, 0) is 49.0 Å². The van der Waals surface area contributed by atoms with E-state index < -0.39 is 18.0 Å². The van der Waals surface area contributed by atoms with Crippen LogP contribution in [0.3, 0.4) is 0 Å². The van der Waals surface area contributed by atoms with E-state index in [4.69, 9.17) is 21.8 Å². The lowest BCUT2D eigenvalue weighted by Gasteiger charge is -2.26. The van der Waals surface area contributed by atoms with Gasteiger partial charge >= 0.3 is 6.03 Å². The minimum Gasteiger partial charge on any atom is -0.460 e. The molecular weight excluding hydrogens is 378 g/mol. The number of carbonyl (C=O) groups is 2. The van der Waals surface area contributed by atoms with Gasteiger partial charge in [-0.1, -0.05) is 41.9 Å². The number of nitrogens with zero attached hydrogens (tertiary/aromatic N) is 1. The van der Waals surface area contributed by atoms with E-state index >= 15 is 0 Å². The molecule has 0 saturated heterocycles. The molecule has 0 saturated carbocycles. The van der Waals surface area contributed by atoms with E-state index in [2.05, 4.69) is 5.32 Å². The minimum atomic E-state index is -0.887. The standard InChI is InChI=1S/C21H20ClN3O3/c1-25(19(20(26)24-21(23)27)15-5-3-2-4-6-15)13-17-11-12-18(28-17)14-7-9-16(22)10-8-14/h2-12,19H,13H2,1H3,(H3,23,24,26,27). The Kier molecular flexibility index (Phi) is 6.13. The molecule has 2 aromatic carbocycles. The molecule has 1 unspecified atom stereocenters. The molecule has 1 heterocycles. The van der Waals surface area contributed by atoms with Gasteiger partial charge in [0.25, 0.3) is 0 Å². The smallest absolute Gasteiger partial charge is 0.318 e. The average Bonchev–Trinajstić information content (AvgIpc) is 3.11. The molecular formula is C21H20ClN3O3. The molecule has 0 aliphatic carbocycles. The minimum absolute atomic E-state index is 0.360. The predicted molar refractivity (Wildman–Crippen MR) is 108 cm³/mol. The van der Waals surface area contributed by atoms with Crippen LogP contribution in [0.25, 0.3) is 11.3 Å². The Hall–Kier alpha value is -3.09. The zero-order chi connectivity index (χ0) is 20.1. The summed E-state index contributed by atoms with van der Waals surface area (Å²) in [6, 6.07) is 18.7. The number of hydrogen-bond acceptors (Lipinski definition) is 4. The fourth-order valence-electron chi connectivity index (χ4n) is 3.00. The van der Waals surface area contributed by atoms with Gasteiger partial charge in [0, 0.05) is 10.6 Å². The van der Waals surface area contributed by atoms with Crippen molar-refractivity contribution in [3.8, 4) is 11.3 Å². The molecule has 0 bridgehead atoms. The van der Waals surface area contributed by atoms with Gasteiger partial charge in [-0.2, -0.15) is 0 Å². The van der Waals surface area contributed by atoms with Gasteiger partial charge in [0.15, 0.2) is 0 Å². The van der Waals surface area contributed by atoms with Crippen LogP contribution in [0, 0.1) is 0 Å². The molecule has 0 radical (unpaired) electrons. The number of urea groups is 1. The second kappa shape index (κ2) is 8.73. The van der Waals surface area contributed by atoms with Gasteiger partial charge in [0.2, 0.25) is 5.91 Å². The van der Waals surface area contributed by atoms with Crippen molar-refractivity contribution in [1.82, 2.24) is 10.2 Å². The lowest BCUT2D eigenvalue weighted by molar-refractivity contribution is -0.125. The van der Waals surface area contributed by atoms with Crippen molar-refractivity contribution < 1.29 is 14.0 Å². The summed E-state index contributed by atoms with van der Waals surface area (Å²) in [7, 11) is 1.78. The van der Waals surface area contributed by atoms with Crippen molar-refractivity contribution in [2.45, 2.75) is 12.6 Å². The molecule has 3 amide bonds. The summed E-state index contributed by atoms with van der Waals surface area (Å²) >= 11 is 5.92. The monoisotopic (exact) mass is 397 g/mol. The van der Waals surface area contributed by atoms with E-state index in [9.17, 15) is 9.59 Å². The van der Waals surface area contributed by atoms with Crippen LogP contribution >= 0.6 is 11.6 Å². The summed E-state index contributed by atoms with van der Waals surface area (Å²) < 4.78 is 5.92. The van der Waals surface area contributed by atoms with Crippen LogP contribution in [-0.2, 0) is 11.3 Å². The topological polar surface area (TPSA) is 88.6 Å². The molecule has 0 fully saturated rings. The highest BCUT2D eigenvalue weighted by molar-refractivity contribution is 6.30. The van der Waals surface area contributed by atoms with E-state index in [-0.39, 0.29) is 0 Å². The molecule has 3 rings (SSSR count). The highest BCUT2D eigenvalue weighted by Gasteiger charge is 2.26. The Labute approximate surface area is 167 Å². The van der Waals surface area contributed by atoms with Crippen molar-refractivity contribution in [1.29, 1.82) is 0 Å². The summed E-state index contributed by atoms with van der Waals surface area (Å²) in [6.07, 6.45) is 0. The van der Waals surface area contributed by atoms with Crippen LogP contribution < -0.4 is 11.1 Å². The maximum Gasteiger partial charge on any atom is 0.318 e. The zero-order valence-corrected chi connectivity index (χ0v) is 16.0. The number of rotatable bonds is 6. The SMILES string of the molecule is CN(Cc1ccc(-c2ccc(Cl)cc2)o1)C(C(=O)NC(N)=O)c1ccccc1. The largest absolute Gasteiger partial charge is 0.460 e. The van der Waals surface area contributed by atoms with Crippen LogP contribution in [0.5, 0.6) is 0 Å². The van der Waals surface area contributed by atoms with E-state index in [0.29, 0.717) is 23.1 Å². The maximum absolute atomic E-state index is 12.5. The van der Waals surface area contributed by atoms with Gasteiger partial charge in [0.1, 0.15) is 17.6 Å². The fourth-order valence-corrected chi connectivity index (χ4v) is 3.13. The van der Waals surface area contributed by atoms with Gasteiger partial charge in [-0.25, -0.2) is 4.79 Å². The van der Waals surface area contributed by atoms with Crippen LogP contribution in [0.4, 0.5) is 4.79 Å². The summed E-state index contributed by atoms with van der Waals surface area (Å²) in [5.41, 5.74) is 6.77. The van der Waals surface area contributed by atoms with Crippen LogP contribution in [0.15, 0.2) is 71.1 Å². The number of benzene rings is 2. The molecule has 0 aliphatic rings. The van der Waals surface area contributed by atoms with Crippen molar-refractivity contribution >= 4 is 23.5 Å². The first-order valence-electron chi connectivity index (χ1n) is 8.64. The van der Waals surface area contributed by atoms with E-state index in [0.717, 1.165) is 11.1 Å². The van der Waals surface area contributed by atoms with Crippen molar-refractivity contribution in [2.24, 2.45) is 5.73 Å². The number of hydrogen-bond donors (Lipinski definition) is 2. The highest BCUT2D eigenvalue weighted by Crippen LogP contribution is 2.26. The molecule has 28 heavy (non-hydrogen) atoms. The number of primary amides is 1. The second-order valence-corrected chi connectivity index (χ2v) is 6.79. The molecule has 0 spiro atoms. The van der Waals surface area contributed by atoms with Crippen LogP contribution in [0.2, 0.25) is 5.02 Å². The zero-order valence-electron chi connectivity index (χ0n) is 15.3. The first-order valence-corrected chi connectivity index (χ1v) is 9.02. The summed E-state index contributed by atoms with van der Waals surface area (Å²) in [5.74, 6) is 0.892. The Bertz CT molecular complexity index is 955. The fraction of sp³-hybridized carbons (Fsp3) is 0.143. The quantitative estimate of drug-likeness (QED) is 0.658. The Balaban J connectivity index is 1.80. The molecule has 0 aliphatic heterocycles. The molecule has 3 N–H and O–H groups in total. The van der Waals surface area contributed by atoms with Gasteiger partial charge in [0.05, 0.1) is 6.54 Å². The van der Waals surface area contributed by atoms with E-state index in [1.54, 1.807) is 24.1 Å². The van der Waals surface area contributed by atoms with E-state index in [1.807, 2.05) is 54.6 Å². The van der Waals surface area contributed by atoms with E-state index in [1.165, 1.54) is 0 Å². The number of imide groups is 1. The summed E-state index contributed by atoms with van der Waals surface area (Å²) in [4.78, 5) is 25.5. The molecule has 7 heteroatoms. The molecule has 1 atom stereocenters. The Morgan fingerprint density at radius 1 is 1.07 bits per heavy atom. The van der Waals surface area contributed by atoms with Crippen LogP contribution in [0.1, 0.15) is 17.4 Å². The third kappa shape index (κ3) is 4.79. The number of furan rings is 1. The normalized spacial score (nSPS) is 12.0. The third-order valence-electron chi connectivity index (χ3n) is 4.25.